The van der Waals surface area contributed by atoms with Gasteiger partial charge >= 0.3 is 0 Å². The molecule has 0 aliphatic carbocycles. The molecule has 0 amide bonds. The Morgan fingerprint density at radius 1 is 1.47 bits per heavy atom. The van der Waals surface area contributed by atoms with Crippen molar-refractivity contribution in [1.29, 1.82) is 0 Å². The zero-order valence-electron chi connectivity index (χ0n) is 8.72. The van der Waals surface area contributed by atoms with Crippen LogP contribution in [-0.2, 0) is 12.3 Å². The van der Waals surface area contributed by atoms with Crippen LogP contribution in [0.5, 0.6) is 0 Å². The maximum absolute atomic E-state index is 11.8. The molecule has 0 saturated carbocycles. The van der Waals surface area contributed by atoms with Gasteiger partial charge in [0.25, 0.3) is 0 Å². The van der Waals surface area contributed by atoms with Crippen molar-refractivity contribution in [3.05, 3.63) is 34.9 Å². The second-order valence-corrected chi connectivity index (χ2v) is 4.40. The molecule has 15 heavy (non-hydrogen) atoms. The SMILES string of the molecule is CCc1ccc(CCl)cc1C(=O)CCBr. The van der Waals surface area contributed by atoms with E-state index >= 15 is 0 Å². The number of ketones is 1. The number of Topliss-reactive ketones (excluding diaryl/α,β-unsaturated/α-hetero) is 1. The van der Waals surface area contributed by atoms with Gasteiger partial charge in [-0.25, -0.2) is 0 Å². The average Bonchev–Trinajstić information content (AvgIpc) is 2.28. The molecule has 0 fully saturated rings. The van der Waals surface area contributed by atoms with Gasteiger partial charge in [-0.15, -0.1) is 11.6 Å². The van der Waals surface area contributed by atoms with E-state index in [0.29, 0.717) is 17.6 Å². The predicted octanol–water partition coefficient (Wildman–Crippen LogP) is 3.96. The highest BCUT2D eigenvalue weighted by atomic mass is 79.9. The summed E-state index contributed by atoms with van der Waals surface area (Å²) in [5.41, 5.74) is 2.94. The molecule has 1 aromatic carbocycles. The van der Waals surface area contributed by atoms with Gasteiger partial charge in [0.2, 0.25) is 0 Å². The van der Waals surface area contributed by atoms with Crippen LogP contribution in [0, 0.1) is 0 Å². The van der Waals surface area contributed by atoms with Crippen molar-refractivity contribution < 1.29 is 4.79 Å². The molecule has 0 bridgehead atoms. The van der Waals surface area contributed by atoms with Crippen LogP contribution in [0.1, 0.15) is 34.8 Å². The second-order valence-electron chi connectivity index (χ2n) is 3.34. The molecule has 82 valence electrons. The summed E-state index contributed by atoms with van der Waals surface area (Å²) in [4.78, 5) is 11.8. The molecular weight excluding hydrogens is 275 g/mol. The van der Waals surface area contributed by atoms with E-state index in [0.717, 1.165) is 23.1 Å². The Balaban J connectivity index is 3.05. The zero-order chi connectivity index (χ0) is 11.3. The van der Waals surface area contributed by atoms with Crippen LogP contribution in [0.15, 0.2) is 18.2 Å². The monoisotopic (exact) mass is 288 g/mol. The van der Waals surface area contributed by atoms with Crippen LogP contribution >= 0.6 is 27.5 Å². The molecule has 1 nitrogen and oxygen atoms in total. The minimum absolute atomic E-state index is 0.190. The Labute approximate surface area is 104 Å². The fraction of sp³-hybridized carbons (Fsp3) is 0.417. The summed E-state index contributed by atoms with van der Waals surface area (Å²) in [7, 11) is 0. The van der Waals surface area contributed by atoms with Crippen LogP contribution < -0.4 is 0 Å². The van der Waals surface area contributed by atoms with E-state index < -0.39 is 0 Å². The molecule has 0 N–H and O–H groups in total. The lowest BCUT2D eigenvalue weighted by molar-refractivity contribution is 0.0989. The third-order valence-electron chi connectivity index (χ3n) is 2.33. The Bertz CT molecular complexity index is 349. The lowest BCUT2D eigenvalue weighted by atomic mass is 9.98. The number of carbonyl (C=O) groups excluding carboxylic acids is 1. The number of benzene rings is 1. The third-order valence-corrected chi connectivity index (χ3v) is 3.04. The first-order valence-corrected chi connectivity index (χ1v) is 6.65. The van der Waals surface area contributed by atoms with E-state index in [1.807, 2.05) is 18.2 Å². The molecule has 1 aromatic rings. The molecule has 0 spiro atoms. The summed E-state index contributed by atoms with van der Waals surface area (Å²) < 4.78 is 0. The fourth-order valence-corrected chi connectivity index (χ4v) is 2.02. The van der Waals surface area contributed by atoms with Crippen LogP contribution in [0.2, 0.25) is 0 Å². The average molecular weight is 290 g/mol. The molecule has 0 aliphatic heterocycles. The van der Waals surface area contributed by atoms with Crippen LogP contribution in [0.3, 0.4) is 0 Å². The standard InChI is InChI=1S/C12H14BrClO/c1-2-10-4-3-9(8-14)7-11(10)12(15)5-6-13/h3-4,7H,2,5-6,8H2,1H3. The minimum Gasteiger partial charge on any atom is -0.294 e. The van der Waals surface area contributed by atoms with E-state index in [4.69, 9.17) is 11.6 Å². The molecule has 0 aromatic heterocycles. The molecule has 0 atom stereocenters. The van der Waals surface area contributed by atoms with Gasteiger partial charge in [0.05, 0.1) is 0 Å². The molecular formula is C12H14BrClO. The van der Waals surface area contributed by atoms with Crippen molar-refractivity contribution in [3.8, 4) is 0 Å². The third kappa shape index (κ3) is 3.32. The number of hydrogen-bond acceptors (Lipinski definition) is 1. The Morgan fingerprint density at radius 2 is 2.20 bits per heavy atom. The van der Waals surface area contributed by atoms with Gasteiger partial charge in [0.15, 0.2) is 5.78 Å². The molecule has 0 unspecified atom stereocenters. The quantitative estimate of drug-likeness (QED) is 0.592. The van der Waals surface area contributed by atoms with Gasteiger partial charge in [0, 0.05) is 23.2 Å². The summed E-state index contributed by atoms with van der Waals surface area (Å²) in [6, 6.07) is 5.90. The van der Waals surface area contributed by atoms with Gasteiger partial charge < -0.3 is 0 Å². The molecule has 1 rings (SSSR count). The summed E-state index contributed by atoms with van der Waals surface area (Å²) >= 11 is 9.04. The van der Waals surface area contributed by atoms with Crippen molar-refractivity contribution in [1.82, 2.24) is 0 Å². The Hall–Kier alpha value is -0.340. The summed E-state index contributed by atoms with van der Waals surface area (Å²) in [6.45, 7) is 2.06. The van der Waals surface area contributed by atoms with Gasteiger partial charge in [-0.1, -0.05) is 35.0 Å². The summed E-state index contributed by atoms with van der Waals surface area (Å²) in [6.07, 6.45) is 1.42. The number of aryl methyl sites for hydroxylation is 1. The molecule has 0 heterocycles. The predicted molar refractivity (Wildman–Crippen MR) is 68.1 cm³/mol. The van der Waals surface area contributed by atoms with E-state index in [9.17, 15) is 4.79 Å². The first-order chi connectivity index (χ1) is 7.22. The highest BCUT2D eigenvalue weighted by Gasteiger charge is 2.10. The first-order valence-electron chi connectivity index (χ1n) is 4.99. The summed E-state index contributed by atoms with van der Waals surface area (Å²) in [5, 5.41) is 0.708. The van der Waals surface area contributed by atoms with Crippen LogP contribution in [0.25, 0.3) is 0 Å². The van der Waals surface area contributed by atoms with Crippen LogP contribution in [-0.4, -0.2) is 11.1 Å². The first kappa shape index (κ1) is 12.7. The maximum atomic E-state index is 11.8. The van der Waals surface area contributed by atoms with E-state index in [1.54, 1.807) is 0 Å². The Kier molecular flexibility index (Phi) is 5.34. The smallest absolute Gasteiger partial charge is 0.163 e. The molecule has 0 aliphatic rings. The molecule has 0 radical (unpaired) electrons. The lowest BCUT2D eigenvalue weighted by Gasteiger charge is -2.07. The largest absolute Gasteiger partial charge is 0.294 e. The normalized spacial score (nSPS) is 10.3. The second kappa shape index (κ2) is 6.29. The number of hydrogen-bond donors (Lipinski definition) is 0. The molecule has 0 saturated heterocycles. The van der Waals surface area contributed by atoms with E-state index in [2.05, 4.69) is 22.9 Å². The van der Waals surface area contributed by atoms with E-state index in [1.165, 1.54) is 0 Å². The van der Waals surface area contributed by atoms with Crippen molar-refractivity contribution in [2.75, 3.05) is 5.33 Å². The van der Waals surface area contributed by atoms with Crippen molar-refractivity contribution in [2.45, 2.75) is 25.6 Å². The van der Waals surface area contributed by atoms with E-state index in [-0.39, 0.29) is 5.78 Å². The highest BCUT2D eigenvalue weighted by Crippen LogP contribution is 2.16. The van der Waals surface area contributed by atoms with Crippen LogP contribution in [0.4, 0.5) is 0 Å². The van der Waals surface area contributed by atoms with Gasteiger partial charge in [0.1, 0.15) is 0 Å². The number of alkyl halides is 2. The van der Waals surface area contributed by atoms with Crippen molar-refractivity contribution >= 4 is 33.3 Å². The maximum Gasteiger partial charge on any atom is 0.163 e. The van der Waals surface area contributed by atoms with Crippen molar-refractivity contribution in [3.63, 3.8) is 0 Å². The molecule has 3 heteroatoms. The summed E-state index contributed by atoms with van der Waals surface area (Å²) in [5.74, 6) is 0.647. The highest BCUT2D eigenvalue weighted by molar-refractivity contribution is 9.09. The van der Waals surface area contributed by atoms with Gasteiger partial charge in [-0.3, -0.25) is 4.79 Å². The lowest BCUT2D eigenvalue weighted by Crippen LogP contribution is -2.04. The van der Waals surface area contributed by atoms with Gasteiger partial charge in [-0.05, 0) is 23.6 Å². The van der Waals surface area contributed by atoms with Gasteiger partial charge in [-0.2, -0.15) is 0 Å². The topological polar surface area (TPSA) is 17.1 Å². The number of halogens is 2. The Morgan fingerprint density at radius 3 is 2.73 bits per heavy atom. The minimum atomic E-state index is 0.190. The fourth-order valence-electron chi connectivity index (χ4n) is 1.50. The number of rotatable bonds is 5. The number of carbonyl (C=O) groups is 1. The van der Waals surface area contributed by atoms with Crippen molar-refractivity contribution in [2.24, 2.45) is 0 Å². The zero-order valence-corrected chi connectivity index (χ0v) is 11.1.